The zero-order valence-electron chi connectivity index (χ0n) is 11.9. The number of aromatic amines is 1. The Morgan fingerprint density at radius 2 is 2.00 bits per heavy atom. The van der Waals surface area contributed by atoms with Crippen LogP contribution in [0, 0.1) is 22.7 Å². The van der Waals surface area contributed by atoms with Gasteiger partial charge in [0.15, 0.2) is 0 Å². The monoisotopic (exact) mass is 338 g/mol. The van der Waals surface area contributed by atoms with Gasteiger partial charge in [0, 0.05) is 16.1 Å². The quantitative estimate of drug-likeness (QED) is 0.707. The SMILES string of the molecule is N#Cc1c(N)[nH]c(=O)c(C#N)c1-c1cc(Cl)ccc1-n1cnnn1. The first-order valence-corrected chi connectivity index (χ1v) is 6.83. The standard InChI is InChI=1S/C14H7ClN8O/c15-7-1-2-11(23-6-19-21-22-23)8(3-7)12-9(4-16)13(18)20-14(24)10(12)5-17/h1-3,6H,(H3,18,20,24). The molecule has 0 saturated heterocycles. The van der Waals surface area contributed by atoms with Crippen molar-refractivity contribution in [3.63, 3.8) is 0 Å². The molecule has 0 atom stereocenters. The lowest BCUT2D eigenvalue weighted by Crippen LogP contribution is -2.17. The maximum absolute atomic E-state index is 12.1. The molecule has 3 rings (SSSR count). The van der Waals surface area contributed by atoms with E-state index in [1.165, 1.54) is 17.1 Å². The lowest BCUT2D eigenvalue weighted by Gasteiger charge is -2.13. The first-order chi connectivity index (χ1) is 11.6. The van der Waals surface area contributed by atoms with Crippen LogP contribution in [0.5, 0.6) is 0 Å². The van der Waals surface area contributed by atoms with E-state index in [0.29, 0.717) is 16.3 Å². The largest absolute Gasteiger partial charge is 0.384 e. The Hall–Kier alpha value is -3.69. The summed E-state index contributed by atoms with van der Waals surface area (Å²) in [6.45, 7) is 0. The minimum Gasteiger partial charge on any atom is -0.384 e. The third kappa shape index (κ3) is 2.35. The zero-order valence-corrected chi connectivity index (χ0v) is 12.6. The normalized spacial score (nSPS) is 10.1. The molecule has 2 heterocycles. The maximum atomic E-state index is 12.1. The molecule has 116 valence electrons. The first-order valence-electron chi connectivity index (χ1n) is 6.46. The molecule has 9 nitrogen and oxygen atoms in total. The minimum absolute atomic E-state index is 0.0391. The molecular formula is C14H7ClN8O. The van der Waals surface area contributed by atoms with Gasteiger partial charge in [0.1, 0.15) is 35.4 Å². The predicted octanol–water partition coefficient (Wildman–Crippen LogP) is 0.997. The Kier molecular flexibility index (Phi) is 3.70. The highest BCUT2D eigenvalue weighted by Crippen LogP contribution is 2.34. The number of anilines is 1. The van der Waals surface area contributed by atoms with Crippen molar-refractivity contribution in [1.82, 2.24) is 25.2 Å². The van der Waals surface area contributed by atoms with Gasteiger partial charge >= 0.3 is 0 Å². The molecule has 3 aromatic rings. The summed E-state index contributed by atoms with van der Waals surface area (Å²) in [5.41, 5.74) is 5.58. The number of H-pyrrole nitrogens is 1. The molecule has 0 radical (unpaired) electrons. The molecule has 0 unspecified atom stereocenters. The van der Waals surface area contributed by atoms with Crippen molar-refractivity contribution in [3.8, 4) is 29.0 Å². The van der Waals surface area contributed by atoms with Crippen LogP contribution < -0.4 is 11.3 Å². The van der Waals surface area contributed by atoms with Gasteiger partial charge in [-0.1, -0.05) is 11.6 Å². The fourth-order valence-electron chi connectivity index (χ4n) is 2.29. The molecular weight excluding hydrogens is 332 g/mol. The second-order valence-electron chi connectivity index (χ2n) is 4.63. The van der Waals surface area contributed by atoms with Gasteiger partial charge in [-0.3, -0.25) is 4.79 Å². The van der Waals surface area contributed by atoms with Gasteiger partial charge < -0.3 is 10.7 Å². The van der Waals surface area contributed by atoms with Crippen LogP contribution in [-0.2, 0) is 0 Å². The Bertz CT molecular complexity index is 1070. The van der Waals surface area contributed by atoms with Gasteiger partial charge in [0.2, 0.25) is 0 Å². The molecule has 0 aliphatic carbocycles. The smallest absolute Gasteiger partial charge is 0.268 e. The number of tetrazole rings is 1. The Morgan fingerprint density at radius 3 is 2.62 bits per heavy atom. The number of benzene rings is 1. The number of halogens is 1. The first kappa shape index (κ1) is 15.2. The topological polar surface area (TPSA) is 150 Å². The summed E-state index contributed by atoms with van der Waals surface area (Å²) in [6, 6.07) is 8.42. The number of nitrogens with two attached hydrogens (primary N) is 1. The van der Waals surface area contributed by atoms with Crippen LogP contribution in [-0.4, -0.2) is 25.2 Å². The van der Waals surface area contributed by atoms with Gasteiger partial charge in [0.05, 0.1) is 5.69 Å². The molecule has 3 N–H and O–H groups in total. The Labute approximate surface area is 139 Å². The second kappa shape index (κ2) is 5.83. The molecule has 24 heavy (non-hydrogen) atoms. The fourth-order valence-corrected chi connectivity index (χ4v) is 2.46. The number of nitriles is 2. The average Bonchev–Trinajstić information content (AvgIpc) is 3.08. The van der Waals surface area contributed by atoms with Crippen LogP contribution in [0.3, 0.4) is 0 Å². The number of aromatic nitrogens is 5. The van der Waals surface area contributed by atoms with Crippen molar-refractivity contribution in [1.29, 1.82) is 10.5 Å². The van der Waals surface area contributed by atoms with Crippen molar-refractivity contribution < 1.29 is 0 Å². The molecule has 0 aliphatic heterocycles. The van der Waals surface area contributed by atoms with Crippen LogP contribution in [0.4, 0.5) is 5.82 Å². The molecule has 0 aliphatic rings. The average molecular weight is 339 g/mol. The summed E-state index contributed by atoms with van der Waals surface area (Å²) >= 11 is 6.05. The van der Waals surface area contributed by atoms with E-state index in [1.807, 2.05) is 6.07 Å². The van der Waals surface area contributed by atoms with E-state index in [2.05, 4.69) is 20.5 Å². The van der Waals surface area contributed by atoms with Crippen molar-refractivity contribution in [2.24, 2.45) is 0 Å². The molecule has 2 aromatic heterocycles. The molecule has 10 heteroatoms. The molecule has 0 amide bonds. The number of hydrogen-bond acceptors (Lipinski definition) is 7. The van der Waals surface area contributed by atoms with Crippen LogP contribution in [0.2, 0.25) is 5.02 Å². The fraction of sp³-hybridized carbons (Fsp3) is 0. The molecule has 0 spiro atoms. The number of hydrogen-bond donors (Lipinski definition) is 2. The molecule has 0 saturated carbocycles. The zero-order chi connectivity index (χ0) is 17.3. The van der Waals surface area contributed by atoms with Gasteiger partial charge in [-0.05, 0) is 28.6 Å². The minimum atomic E-state index is -0.702. The molecule has 1 aromatic carbocycles. The van der Waals surface area contributed by atoms with Gasteiger partial charge in [-0.2, -0.15) is 15.2 Å². The van der Waals surface area contributed by atoms with Gasteiger partial charge in [-0.25, -0.2) is 0 Å². The van der Waals surface area contributed by atoms with E-state index in [1.54, 1.807) is 18.2 Å². The van der Waals surface area contributed by atoms with Gasteiger partial charge in [0.25, 0.3) is 5.56 Å². The van der Waals surface area contributed by atoms with E-state index in [4.69, 9.17) is 17.3 Å². The third-order valence-corrected chi connectivity index (χ3v) is 3.53. The van der Waals surface area contributed by atoms with Crippen molar-refractivity contribution in [2.75, 3.05) is 5.73 Å². The van der Waals surface area contributed by atoms with Crippen LogP contribution in [0.1, 0.15) is 11.1 Å². The van der Waals surface area contributed by atoms with E-state index >= 15 is 0 Å². The summed E-state index contributed by atoms with van der Waals surface area (Å²) in [4.78, 5) is 14.4. The molecule has 0 bridgehead atoms. The number of pyridine rings is 1. The highest BCUT2D eigenvalue weighted by atomic mass is 35.5. The van der Waals surface area contributed by atoms with Gasteiger partial charge in [-0.15, -0.1) is 5.10 Å². The lowest BCUT2D eigenvalue weighted by molar-refractivity contribution is 0.790. The highest BCUT2D eigenvalue weighted by Gasteiger charge is 2.21. The Balaban J connectivity index is 2.48. The summed E-state index contributed by atoms with van der Waals surface area (Å²) in [7, 11) is 0. The number of nitrogens with zero attached hydrogens (tertiary/aromatic N) is 6. The maximum Gasteiger partial charge on any atom is 0.268 e. The predicted molar refractivity (Wildman–Crippen MR) is 84.1 cm³/mol. The van der Waals surface area contributed by atoms with Crippen molar-refractivity contribution >= 4 is 17.4 Å². The second-order valence-corrected chi connectivity index (χ2v) is 5.07. The number of rotatable bonds is 2. The third-order valence-electron chi connectivity index (χ3n) is 3.29. The van der Waals surface area contributed by atoms with E-state index in [0.717, 1.165) is 0 Å². The summed E-state index contributed by atoms with van der Waals surface area (Å²) in [5.74, 6) is -0.140. The van der Waals surface area contributed by atoms with Crippen molar-refractivity contribution in [3.05, 3.63) is 51.0 Å². The lowest BCUT2D eigenvalue weighted by atomic mass is 9.95. The number of nitrogen functional groups attached to an aromatic ring is 1. The van der Waals surface area contributed by atoms with E-state index in [9.17, 15) is 15.3 Å². The van der Waals surface area contributed by atoms with Crippen LogP contribution >= 0.6 is 11.6 Å². The summed E-state index contributed by atoms with van der Waals surface area (Å²) < 4.78 is 1.32. The summed E-state index contributed by atoms with van der Waals surface area (Å²) in [5, 5.41) is 30.0. The van der Waals surface area contributed by atoms with Crippen LogP contribution in [0.15, 0.2) is 29.3 Å². The van der Waals surface area contributed by atoms with E-state index < -0.39 is 5.56 Å². The Morgan fingerprint density at radius 1 is 1.25 bits per heavy atom. The highest BCUT2D eigenvalue weighted by molar-refractivity contribution is 6.31. The molecule has 0 fully saturated rings. The van der Waals surface area contributed by atoms with Crippen molar-refractivity contribution in [2.45, 2.75) is 0 Å². The van der Waals surface area contributed by atoms with E-state index in [-0.39, 0.29) is 22.5 Å². The number of nitrogens with one attached hydrogen (secondary N) is 1. The summed E-state index contributed by atoms with van der Waals surface area (Å²) in [6.07, 6.45) is 1.33. The van der Waals surface area contributed by atoms with Crippen LogP contribution in [0.25, 0.3) is 16.8 Å².